The van der Waals surface area contributed by atoms with Crippen molar-refractivity contribution in [2.45, 2.75) is 18.8 Å². The van der Waals surface area contributed by atoms with Crippen molar-refractivity contribution >= 4 is 5.91 Å². The average molecular weight is 314 g/mol. The minimum atomic E-state index is -0.334. The molecule has 1 amide bonds. The van der Waals surface area contributed by atoms with E-state index in [0.29, 0.717) is 17.8 Å². The van der Waals surface area contributed by atoms with Crippen LogP contribution in [0.4, 0.5) is 4.39 Å². The molecule has 0 spiro atoms. The molecule has 1 fully saturated rings. The molecule has 1 aromatic carbocycles. The van der Waals surface area contributed by atoms with Gasteiger partial charge in [0.25, 0.3) is 0 Å². The lowest BCUT2D eigenvalue weighted by Crippen LogP contribution is -2.40. The molecule has 120 valence electrons. The quantitative estimate of drug-likeness (QED) is 0.936. The third-order valence-corrected chi connectivity index (χ3v) is 4.13. The Bertz CT molecular complexity index is 706. The molecule has 5 nitrogen and oxygen atoms in total. The van der Waals surface area contributed by atoms with E-state index in [4.69, 9.17) is 5.73 Å². The van der Waals surface area contributed by atoms with E-state index in [-0.39, 0.29) is 24.2 Å². The number of piperidine rings is 1. The SMILES string of the molecule is NC(=O)CN1CCCC(c2nccnc2-c2ccccc2F)C1. The zero-order valence-corrected chi connectivity index (χ0v) is 12.8. The Morgan fingerprint density at radius 2 is 2.09 bits per heavy atom. The largest absolute Gasteiger partial charge is 0.369 e. The molecule has 0 radical (unpaired) electrons. The van der Waals surface area contributed by atoms with Crippen LogP contribution in [0.3, 0.4) is 0 Å². The van der Waals surface area contributed by atoms with Gasteiger partial charge < -0.3 is 5.73 Å². The number of hydrogen-bond donors (Lipinski definition) is 1. The van der Waals surface area contributed by atoms with E-state index < -0.39 is 0 Å². The predicted octanol–water partition coefficient (Wildman–Crippen LogP) is 1.95. The molecule has 3 rings (SSSR count). The summed E-state index contributed by atoms with van der Waals surface area (Å²) in [7, 11) is 0. The van der Waals surface area contributed by atoms with Gasteiger partial charge in [0.1, 0.15) is 5.82 Å². The van der Waals surface area contributed by atoms with Crippen LogP contribution in [0, 0.1) is 5.82 Å². The Morgan fingerprint density at radius 3 is 2.87 bits per heavy atom. The van der Waals surface area contributed by atoms with Gasteiger partial charge in [-0.2, -0.15) is 0 Å². The highest BCUT2D eigenvalue weighted by Crippen LogP contribution is 2.32. The van der Waals surface area contributed by atoms with Gasteiger partial charge in [0.15, 0.2) is 0 Å². The summed E-state index contributed by atoms with van der Waals surface area (Å²) in [5.41, 5.74) is 7.12. The molecule has 2 N–H and O–H groups in total. The molecular weight excluding hydrogens is 295 g/mol. The number of aromatic nitrogens is 2. The van der Waals surface area contributed by atoms with Crippen LogP contribution in [-0.2, 0) is 4.79 Å². The highest BCUT2D eigenvalue weighted by atomic mass is 19.1. The van der Waals surface area contributed by atoms with Crippen LogP contribution in [0.5, 0.6) is 0 Å². The fraction of sp³-hybridized carbons (Fsp3) is 0.353. The molecule has 1 aliphatic rings. The Balaban J connectivity index is 1.91. The zero-order valence-electron chi connectivity index (χ0n) is 12.8. The maximum absolute atomic E-state index is 14.1. The van der Waals surface area contributed by atoms with E-state index >= 15 is 0 Å². The van der Waals surface area contributed by atoms with Gasteiger partial charge in [0.05, 0.1) is 17.9 Å². The Hall–Kier alpha value is -2.34. The van der Waals surface area contributed by atoms with Gasteiger partial charge >= 0.3 is 0 Å². The number of nitrogens with zero attached hydrogens (tertiary/aromatic N) is 3. The van der Waals surface area contributed by atoms with Gasteiger partial charge in [-0.05, 0) is 31.5 Å². The molecule has 23 heavy (non-hydrogen) atoms. The number of hydrogen-bond acceptors (Lipinski definition) is 4. The molecule has 2 aromatic rings. The van der Waals surface area contributed by atoms with Crippen LogP contribution >= 0.6 is 0 Å². The maximum Gasteiger partial charge on any atom is 0.231 e. The van der Waals surface area contributed by atoms with E-state index in [0.717, 1.165) is 25.1 Å². The van der Waals surface area contributed by atoms with Crippen molar-refractivity contribution in [3.63, 3.8) is 0 Å². The molecule has 2 heterocycles. The summed E-state index contributed by atoms with van der Waals surface area (Å²) in [5.74, 6) is -0.524. The van der Waals surface area contributed by atoms with Crippen molar-refractivity contribution in [3.8, 4) is 11.3 Å². The minimum absolute atomic E-state index is 0.117. The van der Waals surface area contributed by atoms with E-state index in [1.807, 2.05) is 4.90 Å². The van der Waals surface area contributed by atoms with E-state index in [1.54, 1.807) is 30.6 Å². The summed E-state index contributed by atoms with van der Waals surface area (Å²) in [6.45, 7) is 1.77. The topological polar surface area (TPSA) is 72.1 Å². The minimum Gasteiger partial charge on any atom is -0.369 e. The third kappa shape index (κ3) is 3.53. The number of likely N-dealkylation sites (tertiary alicyclic amines) is 1. The summed E-state index contributed by atoms with van der Waals surface area (Å²) in [4.78, 5) is 22.0. The second-order valence-corrected chi connectivity index (χ2v) is 5.81. The van der Waals surface area contributed by atoms with Gasteiger partial charge in [-0.25, -0.2) is 4.39 Å². The van der Waals surface area contributed by atoms with Gasteiger partial charge in [-0.1, -0.05) is 12.1 Å². The molecule has 6 heteroatoms. The Morgan fingerprint density at radius 1 is 1.30 bits per heavy atom. The molecule has 1 atom stereocenters. The highest BCUT2D eigenvalue weighted by molar-refractivity contribution is 5.76. The van der Waals surface area contributed by atoms with Gasteiger partial charge in [-0.15, -0.1) is 0 Å². The molecule has 1 saturated heterocycles. The van der Waals surface area contributed by atoms with Crippen molar-refractivity contribution in [1.82, 2.24) is 14.9 Å². The molecule has 1 aliphatic heterocycles. The second-order valence-electron chi connectivity index (χ2n) is 5.81. The molecular formula is C17H19FN4O. The zero-order chi connectivity index (χ0) is 16.2. The number of amides is 1. The summed E-state index contributed by atoms with van der Waals surface area (Å²) >= 11 is 0. The summed E-state index contributed by atoms with van der Waals surface area (Å²) in [5, 5.41) is 0. The van der Waals surface area contributed by atoms with Crippen molar-refractivity contribution in [3.05, 3.63) is 48.2 Å². The van der Waals surface area contributed by atoms with E-state index in [2.05, 4.69) is 9.97 Å². The fourth-order valence-corrected chi connectivity index (χ4v) is 3.15. The molecule has 1 unspecified atom stereocenters. The first kappa shape index (κ1) is 15.6. The monoisotopic (exact) mass is 314 g/mol. The number of primary amides is 1. The van der Waals surface area contributed by atoms with Crippen LogP contribution in [0.2, 0.25) is 0 Å². The number of nitrogens with two attached hydrogens (primary N) is 1. The molecule has 0 bridgehead atoms. The maximum atomic E-state index is 14.1. The number of rotatable bonds is 4. The summed E-state index contributed by atoms with van der Waals surface area (Å²) < 4.78 is 14.1. The Kier molecular flexibility index (Phi) is 4.62. The summed E-state index contributed by atoms with van der Waals surface area (Å²) in [6.07, 6.45) is 5.10. The molecule has 0 aliphatic carbocycles. The van der Waals surface area contributed by atoms with Crippen LogP contribution in [0.25, 0.3) is 11.3 Å². The van der Waals surface area contributed by atoms with Crippen LogP contribution < -0.4 is 5.73 Å². The molecule has 0 saturated carbocycles. The highest BCUT2D eigenvalue weighted by Gasteiger charge is 2.26. The van der Waals surface area contributed by atoms with Crippen molar-refractivity contribution < 1.29 is 9.18 Å². The smallest absolute Gasteiger partial charge is 0.231 e. The van der Waals surface area contributed by atoms with Crippen molar-refractivity contribution in [2.24, 2.45) is 5.73 Å². The number of benzene rings is 1. The van der Waals surface area contributed by atoms with Crippen molar-refractivity contribution in [2.75, 3.05) is 19.6 Å². The van der Waals surface area contributed by atoms with Crippen LogP contribution in [0.15, 0.2) is 36.7 Å². The lowest BCUT2D eigenvalue weighted by Gasteiger charge is -2.32. The molecule has 1 aromatic heterocycles. The number of carbonyl (C=O) groups is 1. The lowest BCUT2D eigenvalue weighted by atomic mass is 9.91. The standard InChI is InChI=1S/C17H19FN4O/c18-14-6-2-1-5-13(14)17-16(20-7-8-21-17)12-4-3-9-22(10-12)11-15(19)23/h1-2,5-8,12H,3-4,9-11H2,(H2,19,23). The number of halogens is 1. The van der Waals surface area contributed by atoms with Gasteiger partial charge in [0.2, 0.25) is 5.91 Å². The second kappa shape index (κ2) is 6.83. The predicted molar refractivity (Wildman–Crippen MR) is 85.0 cm³/mol. The first-order valence-electron chi connectivity index (χ1n) is 7.71. The lowest BCUT2D eigenvalue weighted by molar-refractivity contribution is -0.119. The van der Waals surface area contributed by atoms with Crippen LogP contribution in [-0.4, -0.2) is 40.4 Å². The van der Waals surface area contributed by atoms with E-state index in [9.17, 15) is 9.18 Å². The van der Waals surface area contributed by atoms with Crippen LogP contribution in [0.1, 0.15) is 24.5 Å². The van der Waals surface area contributed by atoms with Crippen molar-refractivity contribution in [1.29, 1.82) is 0 Å². The average Bonchev–Trinajstić information content (AvgIpc) is 2.55. The van der Waals surface area contributed by atoms with Gasteiger partial charge in [0, 0.05) is 30.4 Å². The fourth-order valence-electron chi connectivity index (χ4n) is 3.15. The first-order valence-corrected chi connectivity index (χ1v) is 7.71. The normalized spacial score (nSPS) is 18.7. The third-order valence-electron chi connectivity index (χ3n) is 4.13. The van der Waals surface area contributed by atoms with E-state index in [1.165, 1.54) is 6.07 Å². The summed E-state index contributed by atoms with van der Waals surface area (Å²) in [6, 6.07) is 6.59. The van der Waals surface area contributed by atoms with Gasteiger partial charge in [-0.3, -0.25) is 19.7 Å². The number of carbonyl (C=O) groups excluding carboxylic acids is 1. The first-order chi connectivity index (χ1) is 11.1. The Labute approximate surface area is 134 Å².